The highest BCUT2D eigenvalue weighted by molar-refractivity contribution is 7.71. The largest absolute Gasteiger partial charge is 0.483 e. The number of likely N-dealkylation sites (N-methyl/N-ethyl adjacent to an activating group) is 1. The van der Waals surface area contributed by atoms with Crippen LogP contribution in [0.2, 0.25) is 5.02 Å². The number of nitrogens with one attached hydrogen (secondary N) is 2. The van der Waals surface area contributed by atoms with Gasteiger partial charge < -0.3 is 15.0 Å². The molecule has 0 spiro atoms. The van der Waals surface area contributed by atoms with E-state index in [0.717, 1.165) is 11.1 Å². The van der Waals surface area contributed by atoms with Gasteiger partial charge in [-0.05, 0) is 49.0 Å². The first-order valence-electron chi connectivity index (χ1n) is 10.4. The normalized spacial score (nSPS) is 11.6. The van der Waals surface area contributed by atoms with Crippen molar-refractivity contribution in [1.82, 2.24) is 25.0 Å². The number of ether oxygens (including phenoxy) is 1. The van der Waals surface area contributed by atoms with Gasteiger partial charge in [-0.25, -0.2) is 0 Å². The molecule has 0 aliphatic heterocycles. The Bertz CT molecular complexity index is 1170. The maximum absolute atomic E-state index is 13.0. The summed E-state index contributed by atoms with van der Waals surface area (Å²) in [6.45, 7) is 1.88. The molecule has 2 aromatic carbocycles. The minimum atomic E-state index is -0.303. The summed E-state index contributed by atoms with van der Waals surface area (Å²) in [7, 11) is 3.35. The Balaban J connectivity index is 1.76. The number of amides is 2. The van der Waals surface area contributed by atoms with Crippen LogP contribution in [0.4, 0.5) is 0 Å². The molecule has 0 saturated carbocycles. The Morgan fingerprint density at radius 2 is 1.91 bits per heavy atom. The van der Waals surface area contributed by atoms with Gasteiger partial charge in [-0.15, -0.1) is 0 Å². The van der Waals surface area contributed by atoms with Gasteiger partial charge in [0, 0.05) is 30.2 Å². The number of rotatable bonds is 9. The molecule has 8 nitrogen and oxygen atoms in total. The number of H-pyrrole nitrogens is 1. The van der Waals surface area contributed by atoms with Gasteiger partial charge in [0.25, 0.3) is 5.91 Å². The lowest BCUT2D eigenvalue weighted by molar-refractivity contribution is -0.130. The molecule has 1 aromatic heterocycles. The zero-order valence-corrected chi connectivity index (χ0v) is 20.2. The number of hydrogen-bond acceptors (Lipinski definition) is 5. The third-order valence-electron chi connectivity index (χ3n) is 5.05. The topological polar surface area (TPSA) is 92.2 Å². The zero-order chi connectivity index (χ0) is 24.0. The van der Waals surface area contributed by atoms with E-state index in [1.165, 1.54) is 4.90 Å². The number of aromatic nitrogens is 3. The van der Waals surface area contributed by atoms with E-state index in [-0.39, 0.29) is 31.0 Å². The van der Waals surface area contributed by atoms with Crippen molar-refractivity contribution in [1.29, 1.82) is 0 Å². The summed E-state index contributed by atoms with van der Waals surface area (Å²) in [5.74, 6) is 0.729. The molecule has 1 unspecified atom stereocenters. The van der Waals surface area contributed by atoms with Gasteiger partial charge in [-0.3, -0.25) is 19.3 Å². The fourth-order valence-electron chi connectivity index (χ4n) is 3.24. The highest BCUT2D eigenvalue weighted by atomic mass is 35.5. The molecule has 10 heteroatoms. The van der Waals surface area contributed by atoms with Crippen molar-refractivity contribution < 1.29 is 14.3 Å². The van der Waals surface area contributed by atoms with Crippen LogP contribution in [-0.2, 0) is 16.1 Å². The third-order valence-corrected chi connectivity index (χ3v) is 5.61. The Labute approximate surface area is 202 Å². The first-order chi connectivity index (χ1) is 15.8. The first kappa shape index (κ1) is 24.5. The summed E-state index contributed by atoms with van der Waals surface area (Å²) < 4.78 is 7.73. The maximum Gasteiger partial charge on any atom is 0.259 e. The maximum atomic E-state index is 13.0. The average Bonchev–Trinajstić information content (AvgIpc) is 3.16. The van der Waals surface area contributed by atoms with E-state index in [4.69, 9.17) is 28.6 Å². The highest BCUT2D eigenvalue weighted by Gasteiger charge is 2.19. The fourth-order valence-corrected chi connectivity index (χ4v) is 3.56. The lowest BCUT2D eigenvalue weighted by atomic mass is 10.0. The summed E-state index contributed by atoms with van der Waals surface area (Å²) in [6, 6.07) is 14.2. The Kier molecular flexibility index (Phi) is 8.24. The molecule has 174 valence electrons. The molecule has 1 atom stereocenters. The predicted molar refractivity (Wildman–Crippen MR) is 130 cm³/mol. The van der Waals surface area contributed by atoms with Crippen LogP contribution in [-0.4, -0.2) is 52.2 Å². The molecule has 0 saturated heterocycles. The number of carbonyl (C=O) groups excluding carboxylic acids is 2. The van der Waals surface area contributed by atoms with Crippen LogP contribution in [0, 0.1) is 4.77 Å². The smallest absolute Gasteiger partial charge is 0.259 e. The van der Waals surface area contributed by atoms with E-state index in [1.807, 2.05) is 37.3 Å². The van der Waals surface area contributed by atoms with Crippen molar-refractivity contribution in [3.05, 3.63) is 63.9 Å². The van der Waals surface area contributed by atoms with Crippen molar-refractivity contribution in [3.8, 4) is 17.1 Å². The van der Waals surface area contributed by atoms with Crippen LogP contribution in [0.5, 0.6) is 5.75 Å². The summed E-state index contributed by atoms with van der Waals surface area (Å²) in [4.78, 5) is 26.4. The first-order valence-corrected chi connectivity index (χ1v) is 11.2. The van der Waals surface area contributed by atoms with Crippen LogP contribution >= 0.6 is 23.8 Å². The SMILES string of the molecule is CCC(NC(=O)Cn1c(-c2ccc(Cl)cc2)n[nH]c1=S)c1ccccc1OCC(=O)N(C)C. The molecule has 33 heavy (non-hydrogen) atoms. The number of aromatic amines is 1. The van der Waals surface area contributed by atoms with E-state index in [9.17, 15) is 9.59 Å². The number of benzene rings is 2. The quantitative estimate of drug-likeness (QED) is 0.445. The second kappa shape index (κ2) is 11.1. The molecule has 2 amide bonds. The Morgan fingerprint density at radius 1 is 1.21 bits per heavy atom. The lowest BCUT2D eigenvalue weighted by Crippen LogP contribution is -2.32. The monoisotopic (exact) mass is 487 g/mol. The number of para-hydroxylation sites is 1. The zero-order valence-electron chi connectivity index (χ0n) is 18.7. The molecule has 1 heterocycles. The number of nitrogens with zero attached hydrogens (tertiary/aromatic N) is 3. The van der Waals surface area contributed by atoms with Gasteiger partial charge >= 0.3 is 0 Å². The average molecular weight is 488 g/mol. The van der Waals surface area contributed by atoms with Gasteiger partial charge in [0.05, 0.1) is 6.04 Å². The molecular formula is C23H26ClN5O3S. The standard InChI is InChI=1S/C23H26ClN5O3S/c1-4-18(17-7-5-6-8-19(17)32-14-21(31)28(2)3)25-20(30)13-29-22(26-27-23(29)33)15-9-11-16(24)12-10-15/h5-12,18H,4,13-14H2,1-3H3,(H,25,30)(H,27,33). The van der Waals surface area contributed by atoms with Crippen LogP contribution in [0.15, 0.2) is 48.5 Å². The summed E-state index contributed by atoms with van der Waals surface area (Å²) in [5, 5.41) is 10.7. The molecule has 3 rings (SSSR count). The van der Waals surface area contributed by atoms with E-state index >= 15 is 0 Å². The molecule has 0 radical (unpaired) electrons. The van der Waals surface area contributed by atoms with Gasteiger partial charge in [0.1, 0.15) is 12.3 Å². The number of halogens is 1. The summed E-state index contributed by atoms with van der Waals surface area (Å²) >= 11 is 11.3. The Hall–Kier alpha value is -3.17. The van der Waals surface area contributed by atoms with E-state index in [0.29, 0.717) is 27.8 Å². The fraction of sp³-hybridized carbons (Fsp3) is 0.304. The van der Waals surface area contributed by atoms with Crippen molar-refractivity contribution in [2.24, 2.45) is 0 Å². The summed E-state index contributed by atoms with van der Waals surface area (Å²) in [6.07, 6.45) is 0.633. The third kappa shape index (κ3) is 6.21. The molecule has 0 aliphatic carbocycles. The van der Waals surface area contributed by atoms with Crippen LogP contribution < -0.4 is 10.1 Å². The van der Waals surface area contributed by atoms with Crippen molar-refractivity contribution >= 4 is 35.6 Å². The lowest BCUT2D eigenvalue weighted by Gasteiger charge is -2.21. The second-order valence-corrected chi connectivity index (χ2v) is 8.41. The van der Waals surface area contributed by atoms with Crippen molar-refractivity contribution in [3.63, 3.8) is 0 Å². The molecule has 0 bridgehead atoms. The van der Waals surface area contributed by atoms with Crippen LogP contribution in [0.25, 0.3) is 11.4 Å². The summed E-state index contributed by atoms with van der Waals surface area (Å²) in [5.41, 5.74) is 1.59. The molecule has 2 N–H and O–H groups in total. The Morgan fingerprint density at radius 3 is 2.58 bits per heavy atom. The van der Waals surface area contributed by atoms with Gasteiger partial charge in [0.15, 0.2) is 17.2 Å². The molecule has 3 aromatic rings. The minimum absolute atomic E-state index is 0.00800. The van der Waals surface area contributed by atoms with Gasteiger partial charge in [0.2, 0.25) is 5.91 Å². The van der Waals surface area contributed by atoms with Gasteiger partial charge in [-0.1, -0.05) is 36.7 Å². The molecule has 0 fully saturated rings. The van der Waals surface area contributed by atoms with E-state index < -0.39 is 0 Å². The van der Waals surface area contributed by atoms with Crippen LogP contribution in [0.3, 0.4) is 0 Å². The van der Waals surface area contributed by atoms with E-state index in [2.05, 4.69) is 15.5 Å². The number of carbonyl (C=O) groups is 2. The van der Waals surface area contributed by atoms with Crippen molar-refractivity contribution in [2.45, 2.75) is 25.9 Å². The van der Waals surface area contributed by atoms with Crippen molar-refractivity contribution in [2.75, 3.05) is 20.7 Å². The minimum Gasteiger partial charge on any atom is -0.483 e. The number of hydrogen-bond donors (Lipinski definition) is 2. The predicted octanol–water partition coefficient (Wildman–Crippen LogP) is 4.00. The van der Waals surface area contributed by atoms with E-state index in [1.54, 1.807) is 36.9 Å². The highest BCUT2D eigenvalue weighted by Crippen LogP contribution is 2.27. The molecule has 0 aliphatic rings. The van der Waals surface area contributed by atoms with Gasteiger partial charge in [-0.2, -0.15) is 5.10 Å². The van der Waals surface area contributed by atoms with Crippen LogP contribution in [0.1, 0.15) is 24.9 Å². The molecular weight excluding hydrogens is 462 g/mol. The second-order valence-electron chi connectivity index (χ2n) is 7.59.